The lowest BCUT2D eigenvalue weighted by molar-refractivity contribution is 0.434. The second-order valence-electron chi connectivity index (χ2n) is 6.21. The van der Waals surface area contributed by atoms with Crippen LogP contribution in [0.15, 0.2) is 41.4 Å². The van der Waals surface area contributed by atoms with E-state index in [1.807, 2.05) is 27.8 Å². The highest BCUT2D eigenvalue weighted by molar-refractivity contribution is 7.08. The lowest BCUT2D eigenvalue weighted by Gasteiger charge is -2.18. The van der Waals surface area contributed by atoms with Gasteiger partial charge >= 0.3 is 0 Å². The van der Waals surface area contributed by atoms with E-state index in [1.165, 1.54) is 12.4 Å². The largest absolute Gasteiger partial charge is 0.354 e. The van der Waals surface area contributed by atoms with Crippen molar-refractivity contribution in [2.24, 2.45) is 5.73 Å². The van der Waals surface area contributed by atoms with E-state index < -0.39 is 29.4 Å². The molecular formula is C18H15F3N4S. The number of nitrogens with zero attached hydrogens (tertiary/aromatic N) is 3. The Labute approximate surface area is 152 Å². The Morgan fingerprint density at radius 3 is 2.69 bits per heavy atom. The first-order chi connectivity index (χ1) is 12.5. The maximum atomic E-state index is 14.2. The van der Waals surface area contributed by atoms with E-state index in [0.717, 1.165) is 17.3 Å². The summed E-state index contributed by atoms with van der Waals surface area (Å²) in [5.74, 6) is -3.62. The quantitative estimate of drug-likeness (QED) is 0.711. The van der Waals surface area contributed by atoms with E-state index in [4.69, 9.17) is 5.73 Å². The molecule has 1 fully saturated rings. The van der Waals surface area contributed by atoms with Crippen LogP contribution in [0.25, 0.3) is 11.3 Å². The average molecular weight is 376 g/mol. The van der Waals surface area contributed by atoms with Crippen LogP contribution in [0, 0.1) is 17.5 Å². The van der Waals surface area contributed by atoms with Crippen molar-refractivity contribution >= 4 is 17.2 Å². The summed E-state index contributed by atoms with van der Waals surface area (Å²) in [6.45, 7) is 0.798. The molecule has 4 nitrogen and oxygen atoms in total. The van der Waals surface area contributed by atoms with Gasteiger partial charge in [-0.3, -0.25) is 0 Å². The van der Waals surface area contributed by atoms with Crippen LogP contribution in [0.2, 0.25) is 0 Å². The number of anilines is 1. The Hall–Kier alpha value is -2.45. The number of benzene rings is 1. The highest BCUT2D eigenvalue weighted by Gasteiger charge is 2.35. The van der Waals surface area contributed by atoms with Crippen LogP contribution in [0.4, 0.5) is 19.0 Å². The zero-order chi connectivity index (χ0) is 18.3. The fraction of sp³-hybridized carbons (Fsp3) is 0.222. The average Bonchev–Trinajstić information content (AvgIpc) is 3.30. The van der Waals surface area contributed by atoms with Gasteiger partial charge in [-0.2, -0.15) is 11.3 Å². The summed E-state index contributed by atoms with van der Waals surface area (Å²) in [6.07, 6.45) is 1.47. The van der Waals surface area contributed by atoms with Crippen molar-refractivity contribution in [3.8, 4) is 11.3 Å². The fourth-order valence-corrected chi connectivity index (χ4v) is 3.91. The molecule has 0 spiro atoms. The van der Waals surface area contributed by atoms with Crippen LogP contribution in [0.3, 0.4) is 0 Å². The van der Waals surface area contributed by atoms with Crippen molar-refractivity contribution in [1.29, 1.82) is 0 Å². The molecule has 2 aromatic heterocycles. The Morgan fingerprint density at radius 2 is 1.92 bits per heavy atom. The third-order valence-electron chi connectivity index (χ3n) is 4.62. The minimum Gasteiger partial charge on any atom is -0.354 e. The van der Waals surface area contributed by atoms with Gasteiger partial charge in [-0.1, -0.05) is 6.07 Å². The first kappa shape index (κ1) is 17.0. The van der Waals surface area contributed by atoms with Crippen LogP contribution in [0.1, 0.15) is 11.5 Å². The predicted molar refractivity (Wildman–Crippen MR) is 94.6 cm³/mol. The molecule has 1 aromatic carbocycles. The van der Waals surface area contributed by atoms with Crippen LogP contribution >= 0.6 is 11.3 Å². The number of hydrogen-bond donors (Lipinski definition) is 1. The van der Waals surface area contributed by atoms with E-state index >= 15 is 0 Å². The molecule has 1 saturated heterocycles. The molecule has 134 valence electrons. The van der Waals surface area contributed by atoms with Crippen molar-refractivity contribution in [1.82, 2.24) is 9.97 Å². The number of halogens is 3. The van der Waals surface area contributed by atoms with Crippen molar-refractivity contribution in [3.63, 3.8) is 0 Å². The Kier molecular flexibility index (Phi) is 4.37. The minimum atomic E-state index is -1.46. The van der Waals surface area contributed by atoms with Gasteiger partial charge in [0.1, 0.15) is 12.1 Å². The molecule has 1 aliphatic rings. The van der Waals surface area contributed by atoms with E-state index in [2.05, 4.69) is 9.97 Å². The summed E-state index contributed by atoms with van der Waals surface area (Å²) >= 11 is 1.57. The van der Waals surface area contributed by atoms with Crippen molar-refractivity contribution < 1.29 is 13.2 Å². The fourth-order valence-electron chi connectivity index (χ4n) is 3.26. The van der Waals surface area contributed by atoms with Gasteiger partial charge in [0, 0.05) is 42.1 Å². The van der Waals surface area contributed by atoms with Crippen LogP contribution in [-0.2, 0) is 0 Å². The maximum Gasteiger partial charge on any atom is 0.194 e. The van der Waals surface area contributed by atoms with Gasteiger partial charge in [0.25, 0.3) is 0 Å². The van der Waals surface area contributed by atoms with Crippen molar-refractivity contribution in [3.05, 3.63) is 64.4 Å². The summed E-state index contributed by atoms with van der Waals surface area (Å²) in [5, 5.41) is 3.95. The van der Waals surface area contributed by atoms with Crippen LogP contribution in [0.5, 0.6) is 0 Å². The standard InChI is InChI=1S/C18H15F3N4S/c19-13-2-1-11(17(20)18(13)21)12-6-25(7-14(12)22)16-5-15(23-9-24-16)10-3-4-26-8-10/h1-5,8-9,12,14H,6-7,22H2. The van der Waals surface area contributed by atoms with Crippen molar-refractivity contribution in [2.75, 3.05) is 18.0 Å². The zero-order valence-corrected chi connectivity index (χ0v) is 14.4. The van der Waals surface area contributed by atoms with Gasteiger partial charge in [0.2, 0.25) is 0 Å². The number of nitrogens with two attached hydrogens (primary N) is 1. The summed E-state index contributed by atoms with van der Waals surface area (Å²) in [5.41, 5.74) is 8.03. The molecule has 0 saturated carbocycles. The Bertz CT molecular complexity index is 932. The molecule has 0 bridgehead atoms. The van der Waals surface area contributed by atoms with E-state index in [1.54, 1.807) is 11.3 Å². The summed E-state index contributed by atoms with van der Waals surface area (Å²) in [4.78, 5) is 10.5. The second-order valence-corrected chi connectivity index (χ2v) is 6.99. The van der Waals surface area contributed by atoms with Gasteiger partial charge < -0.3 is 10.6 Å². The normalized spacial score (nSPS) is 19.9. The smallest absolute Gasteiger partial charge is 0.194 e. The monoisotopic (exact) mass is 376 g/mol. The molecule has 0 amide bonds. The van der Waals surface area contributed by atoms with Crippen molar-refractivity contribution in [2.45, 2.75) is 12.0 Å². The third-order valence-corrected chi connectivity index (χ3v) is 5.31. The first-order valence-electron chi connectivity index (χ1n) is 8.03. The highest BCUT2D eigenvalue weighted by atomic mass is 32.1. The molecule has 4 rings (SSSR count). The maximum absolute atomic E-state index is 14.2. The lowest BCUT2D eigenvalue weighted by atomic mass is 9.94. The van der Waals surface area contributed by atoms with Gasteiger partial charge in [0.15, 0.2) is 17.5 Å². The number of rotatable bonds is 3. The molecule has 8 heteroatoms. The van der Waals surface area contributed by atoms with Gasteiger partial charge in [-0.25, -0.2) is 23.1 Å². The van der Waals surface area contributed by atoms with Gasteiger partial charge in [0.05, 0.1) is 5.69 Å². The number of aromatic nitrogens is 2. The zero-order valence-electron chi connectivity index (χ0n) is 13.6. The second kappa shape index (κ2) is 6.69. The molecular weight excluding hydrogens is 361 g/mol. The third kappa shape index (κ3) is 2.95. The molecule has 2 atom stereocenters. The highest BCUT2D eigenvalue weighted by Crippen LogP contribution is 2.33. The molecule has 0 radical (unpaired) electrons. The topological polar surface area (TPSA) is 55.0 Å². The van der Waals surface area contributed by atoms with Crippen LogP contribution in [-0.4, -0.2) is 29.1 Å². The Balaban J connectivity index is 1.62. The minimum absolute atomic E-state index is 0.0889. The molecule has 3 heterocycles. The van der Waals surface area contributed by atoms with Gasteiger partial charge in [-0.05, 0) is 23.1 Å². The van der Waals surface area contributed by atoms with Crippen LogP contribution < -0.4 is 10.6 Å². The van der Waals surface area contributed by atoms with E-state index in [0.29, 0.717) is 18.9 Å². The molecule has 2 unspecified atom stereocenters. The number of hydrogen-bond acceptors (Lipinski definition) is 5. The van der Waals surface area contributed by atoms with E-state index in [-0.39, 0.29) is 5.56 Å². The number of thiophene rings is 1. The summed E-state index contributed by atoms with van der Waals surface area (Å²) in [6, 6.07) is 5.58. The molecule has 3 aromatic rings. The van der Waals surface area contributed by atoms with E-state index in [9.17, 15) is 13.2 Å². The summed E-state index contributed by atoms with van der Waals surface area (Å²) in [7, 11) is 0. The lowest BCUT2D eigenvalue weighted by Crippen LogP contribution is -2.29. The Morgan fingerprint density at radius 1 is 1.08 bits per heavy atom. The SMILES string of the molecule is NC1CN(c2cc(-c3ccsc3)ncn2)CC1c1ccc(F)c(F)c1F. The van der Waals surface area contributed by atoms with Gasteiger partial charge in [-0.15, -0.1) is 0 Å². The molecule has 0 aliphatic carbocycles. The predicted octanol–water partition coefficient (Wildman–Crippen LogP) is 3.55. The molecule has 1 aliphatic heterocycles. The first-order valence-corrected chi connectivity index (χ1v) is 8.97. The molecule has 26 heavy (non-hydrogen) atoms. The summed E-state index contributed by atoms with van der Waals surface area (Å²) < 4.78 is 40.9. The molecule has 2 N–H and O–H groups in total.